The first-order valence-electron chi connectivity index (χ1n) is 11.0. The lowest BCUT2D eigenvalue weighted by atomic mass is 10.0. The molecule has 0 unspecified atom stereocenters. The summed E-state index contributed by atoms with van der Waals surface area (Å²) in [5.74, 6) is 1.21. The number of amidine groups is 1. The Bertz CT molecular complexity index is 1200. The van der Waals surface area contributed by atoms with Crippen LogP contribution in [0.2, 0.25) is 0 Å². The molecule has 1 fully saturated rings. The number of fused-ring (bicyclic) bond motifs is 1. The zero-order valence-electron chi connectivity index (χ0n) is 19.0. The number of hydrogen-bond acceptors (Lipinski definition) is 4. The number of rotatable bonds is 6. The minimum absolute atomic E-state index is 0.00697. The average molecular weight is 445 g/mol. The number of aliphatic imine (C=N–C) groups is 1. The van der Waals surface area contributed by atoms with Crippen molar-refractivity contribution in [3.8, 4) is 5.75 Å². The van der Waals surface area contributed by atoms with Crippen molar-refractivity contribution in [2.24, 2.45) is 10.9 Å². The van der Waals surface area contributed by atoms with E-state index in [2.05, 4.69) is 32.9 Å². The third kappa shape index (κ3) is 4.73. The van der Waals surface area contributed by atoms with Crippen molar-refractivity contribution < 1.29 is 9.53 Å². The van der Waals surface area contributed by atoms with Gasteiger partial charge in [-0.15, -0.1) is 0 Å². The number of thioether (sulfide) groups is 1. The number of hydrogen-bond donors (Lipinski definition) is 0. The van der Waals surface area contributed by atoms with E-state index in [1.807, 2.05) is 61.5 Å². The van der Waals surface area contributed by atoms with Crippen molar-refractivity contribution in [1.29, 1.82) is 0 Å². The maximum absolute atomic E-state index is 13.3. The summed E-state index contributed by atoms with van der Waals surface area (Å²) < 4.78 is 5.80. The van der Waals surface area contributed by atoms with Gasteiger partial charge in [0.25, 0.3) is 5.91 Å². The van der Waals surface area contributed by atoms with Crippen LogP contribution in [0.3, 0.4) is 0 Å². The molecule has 3 aromatic rings. The third-order valence-electron chi connectivity index (χ3n) is 5.20. The molecule has 0 saturated carbocycles. The van der Waals surface area contributed by atoms with Crippen LogP contribution >= 0.6 is 11.8 Å². The van der Waals surface area contributed by atoms with Gasteiger partial charge < -0.3 is 4.74 Å². The SMILES string of the molecule is CCOc1ccc(/C=C2/SC(=Nc3ccc(C)cc3)N(CC(C)C)C2=O)c2ccccc12. The topological polar surface area (TPSA) is 41.9 Å². The lowest BCUT2D eigenvalue weighted by Gasteiger charge is -2.17. The van der Waals surface area contributed by atoms with E-state index in [-0.39, 0.29) is 5.91 Å². The fourth-order valence-electron chi connectivity index (χ4n) is 3.69. The number of amides is 1. The van der Waals surface area contributed by atoms with E-state index in [0.717, 1.165) is 32.9 Å². The minimum Gasteiger partial charge on any atom is -0.493 e. The molecule has 1 amide bonds. The Morgan fingerprint density at radius 3 is 2.44 bits per heavy atom. The average Bonchev–Trinajstić information content (AvgIpc) is 3.05. The molecule has 0 spiro atoms. The van der Waals surface area contributed by atoms with E-state index >= 15 is 0 Å². The summed E-state index contributed by atoms with van der Waals surface area (Å²) in [6, 6.07) is 20.2. The largest absolute Gasteiger partial charge is 0.493 e. The molecule has 0 aromatic heterocycles. The predicted molar refractivity (Wildman–Crippen MR) is 136 cm³/mol. The third-order valence-corrected chi connectivity index (χ3v) is 6.21. The van der Waals surface area contributed by atoms with Crippen molar-refractivity contribution in [3.05, 3.63) is 76.7 Å². The Morgan fingerprint density at radius 2 is 1.75 bits per heavy atom. The van der Waals surface area contributed by atoms with Gasteiger partial charge in [-0.25, -0.2) is 4.99 Å². The molecule has 0 N–H and O–H groups in total. The van der Waals surface area contributed by atoms with Gasteiger partial charge in [-0.3, -0.25) is 9.69 Å². The van der Waals surface area contributed by atoms with Crippen molar-refractivity contribution >= 4 is 45.4 Å². The highest BCUT2D eigenvalue weighted by Gasteiger charge is 2.33. The lowest BCUT2D eigenvalue weighted by molar-refractivity contribution is -0.122. The van der Waals surface area contributed by atoms with E-state index in [0.29, 0.717) is 24.0 Å². The molecule has 1 heterocycles. The molecule has 4 rings (SSSR count). The number of aryl methyl sites for hydroxylation is 1. The van der Waals surface area contributed by atoms with Crippen LogP contribution in [0.5, 0.6) is 5.75 Å². The molecular weight excluding hydrogens is 416 g/mol. The van der Waals surface area contributed by atoms with Gasteiger partial charge in [-0.1, -0.05) is 61.9 Å². The summed E-state index contributed by atoms with van der Waals surface area (Å²) in [7, 11) is 0. The highest BCUT2D eigenvalue weighted by Crippen LogP contribution is 2.37. The molecular formula is C27H28N2O2S. The zero-order valence-corrected chi connectivity index (χ0v) is 19.8. The Hall–Kier alpha value is -3.05. The fourth-order valence-corrected chi connectivity index (χ4v) is 4.69. The van der Waals surface area contributed by atoms with E-state index in [1.165, 1.54) is 17.3 Å². The van der Waals surface area contributed by atoms with Gasteiger partial charge in [0.2, 0.25) is 0 Å². The fraction of sp³-hybridized carbons (Fsp3) is 0.259. The molecule has 1 aliphatic heterocycles. The maximum atomic E-state index is 13.3. The monoisotopic (exact) mass is 444 g/mol. The highest BCUT2D eigenvalue weighted by atomic mass is 32.2. The van der Waals surface area contributed by atoms with E-state index in [9.17, 15) is 4.79 Å². The predicted octanol–water partition coefficient (Wildman–Crippen LogP) is 6.81. The molecule has 32 heavy (non-hydrogen) atoms. The van der Waals surface area contributed by atoms with Gasteiger partial charge in [-0.05, 0) is 66.8 Å². The van der Waals surface area contributed by atoms with Crippen LogP contribution in [0, 0.1) is 12.8 Å². The number of ether oxygens (including phenoxy) is 1. The minimum atomic E-state index is 0.00697. The molecule has 3 aromatic carbocycles. The Balaban J connectivity index is 1.74. The van der Waals surface area contributed by atoms with Gasteiger partial charge in [0.05, 0.1) is 17.2 Å². The number of nitrogens with zero attached hydrogens (tertiary/aromatic N) is 2. The van der Waals surface area contributed by atoms with Crippen LogP contribution in [-0.2, 0) is 4.79 Å². The van der Waals surface area contributed by atoms with Crippen LogP contribution in [0.25, 0.3) is 16.8 Å². The second kappa shape index (κ2) is 9.61. The Kier molecular flexibility index (Phi) is 6.66. The molecule has 0 bridgehead atoms. The van der Waals surface area contributed by atoms with E-state index in [4.69, 9.17) is 9.73 Å². The van der Waals surface area contributed by atoms with Gasteiger partial charge in [0, 0.05) is 11.9 Å². The second-order valence-electron chi connectivity index (χ2n) is 8.28. The van der Waals surface area contributed by atoms with Crippen LogP contribution in [0.1, 0.15) is 31.9 Å². The van der Waals surface area contributed by atoms with Crippen molar-refractivity contribution in [1.82, 2.24) is 4.90 Å². The molecule has 4 nitrogen and oxygen atoms in total. The highest BCUT2D eigenvalue weighted by molar-refractivity contribution is 8.18. The van der Waals surface area contributed by atoms with Gasteiger partial charge >= 0.3 is 0 Å². The Labute approximate surface area is 194 Å². The second-order valence-corrected chi connectivity index (χ2v) is 9.29. The summed E-state index contributed by atoms with van der Waals surface area (Å²) in [6.45, 7) is 9.51. The molecule has 0 atom stereocenters. The van der Waals surface area contributed by atoms with Gasteiger partial charge in [0.1, 0.15) is 5.75 Å². The summed E-state index contributed by atoms with van der Waals surface area (Å²) in [5.41, 5.74) is 3.04. The van der Waals surface area contributed by atoms with Crippen LogP contribution < -0.4 is 4.74 Å². The smallest absolute Gasteiger partial charge is 0.266 e. The lowest BCUT2D eigenvalue weighted by Crippen LogP contribution is -2.32. The summed E-state index contributed by atoms with van der Waals surface area (Å²) in [6.07, 6.45) is 1.98. The Morgan fingerprint density at radius 1 is 1.03 bits per heavy atom. The van der Waals surface area contributed by atoms with Crippen molar-refractivity contribution in [2.45, 2.75) is 27.7 Å². The molecule has 0 aliphatic carbocycles. The first-order chi connectivity index (χ1) is 15.5. The van der Waals surface area contributed by atoms with Crippen molar-refractivity contribution in [2.75, 3.05) is 13.2 Å². The quantitative estimate of drug-likeness (QED) is 0.392. The summed E-state index contributed by atoms with van der Waals surface area (Å²) in [4.78, 5) is 20.6. The molecule has 1 saturated heterocycles. The summed E-state index contributed by atoms with van der Waals surface area (Å²) >= 11 is 1.44. The van der Waals surface area contributed by atoms with Crippen LogP contribution in [0.15, 0.2) is 70.6 Å². The molecule has 0 radical (unpaired) electrons. The first-order valence-corrected chi connectivity index (χ1v) is 11.8. The van der Waals surface area contributed by atoms with E-state index < -0.39 is 0 Å². The number of carbonyl (C=O) groups is 1. The van der Waals surface area contributed by atoms with Crippen LogP contribution in [0.4, 0.5) is 5.69 Å². The molecule has 1 aliphatic rings. The van der Waals surface area contributed by atoms with Crippen LogP contribution in [-0.4, -0.2) is 29.1 Å². The molecule has 164 valence electrons. The zero-order chi connectivity index (χ0) is 22.7. The number of benzene rings is 3. The summed E-state index contributed by atoms with van der Waals surface area (Å²) in [5, 5.41) is 2.85. The number of carbonyl (C=O) groups excluding carboxylic acids is 1. The normalized spacial score (nSPS) is 16.7. The van der Waals surface area contributed by atoms with Gasteiger partial charge in [0.15, 0.2) is 5.17 Å². The first kappa shape index (κ1) is 22.2. The maximum Gasteiger partial charge on any atom is 0.266 e. The van der Waals surface area contributed by atoms with E-state index in [1.54, 1.807) is 4.90 Å². The standard InChI is InChI=1S/C27H28N2O2S/c1-5-31-24-15-12-20(22-8-6-7-9-23(22)24)16-25-26(30)29(17-18(2)3)27(32-25)28-21-13-10-19(4)11-14-21/h6-16,18H,5,17H2,1-4H3/b25-16+,28-27?. The van der Waals surface area contributed by atoms with Gasteiger partial charge in [-0.2, -0.15) is 0 Å². The molecule has 5 heteroatoms. The van der Waals surface area contributed by atoms with Crippen molar-refractivity contribution in [3.63, 3.8) is 0 Å².